The van der Waals surface area contributed by atoms with Gasteiger partial charge in [-0.2, -0.15) is 5.10 Å². The van der Waals surface area contributed by atoms with E-state index >= 15 is 0 Å². The summed E-state index contributed by atoms with van der Waals surface area (Å²) in [5.41, 5.74) is 7.40. The van der Waals surface area contributed by atoms with Crippen molar-refractivity contribution < 1.29 is 14.3 Å². The molecule has 0 saturated heterocycles. The molecule has 0 aliphatic heterocycles. The van der Waals surface area contributed by atoms with Crippen LogP contribution in [0.4, 0.5) is 0 Å². The summed E-state index contributed by atoms with van der Waals surface area (Å²) in [4.78, 5) is 23.8. The predicted octanol–water partition coefficient (Wildman–Crippen LogP) is 2.89. The number of carbonyl (C=O) groups is 2. The van der Waals surface area contributed by atoms with Gasteiger partial charge in [0.05, 0.1) is 23.7 Å². The zero-order chi connectivity index (χ0) is 20.0. The molecule has 2 rings (SSSR count). The third-order valence-corrected chi connectivity index (χ3v) is 4.57. The predicted molar refractivity (Wildman–Crippen MR) is 104 cm³/mol. The standard InChI is InChI=1S/C18H22Cl2N4O3/c1-11-14(12(2)24(3)23-11)10-18(26)22-21-17(25)5-4-8-27-16-7-6-13(19)9-15(16)20/h6-7,9H,4-5,8,10H2,1-3H3,(H,21,25)(H,22,26). The molecule has 1 aromatic carbocycles. The van der Waals surface area contributed by atoms with Gasteiger partial charge in [0, 0.05) is 29.7 Å². The second-order valence-electron chi connectivity index (χ2n) is 6.07. The molecule has 0 atom stereocenters. The first-order chi connectivity index (χ1) is 12.8. The first kappa shape index (κ1) is 21.1. The highest BCUT2D eigenvalue weighted by atomic mass is 35.5. The average molecular weight is 413 g/mol. The summed E-state index contributed by atoms with van der Waals surface area (Å²) in [5.74, 6) is -0.0856. The third kappa shape index (κ3) is 6.15. The number of hydrogen-bond acceptors (Lipinski definition) is 4. The minimum atomic E-state index is -0.299. The van der Waals surface area contributed by atoms with Crippen LogP contribution in [0, 0.1) is 13.8 Å². The lowest BCUT2D eigenvalue weighted by Gasteiger charge is -2.09. The first-order valence-corrected chi connectivity index (χ1v) is 9.18. The number of aromatic nitrogens is 2. The number of ether oxygens (including phenoxy) is 1. The van der Waals surface area contributed by atoms with Crippen molar-refractivity contribution >= 4 is 35.0 Å². The first-order valence-electron chi connectivity index (χ1n) is 8.42. The summed E-state index contributed by atoms with van der Waals surface area (Å²) >= 11 is 11.8. The van der Waals surface area contributed by atoms with Gasteiger partial charge in [-0.15, -0.1) is 0 Å². The molecule has 1 heterocycles. The molecule has 146 valence electrons. The topological polar surface area (TPSA) is 85.3 Å². The van der Waals surface area contributed by atoms with E-state index in [-0.39, 0.29) is 24.7 Å². The number of rotatable bonds is 7. The summed E-state index contributed by atoms with van der Waals surface area (Å²) in [7, 11) is 1.82. The van der Waals surface area contributed by atoms with Crippen LogP contribution < -0.4 is 15.6 Å². The fourth-order valence-corrected chi connectivity index (χ4v) is 2.95. The monoisotopic (exact) mass is 412 g/mol. The molecule has 0 unspecified atom stereocenters. The molecule has 9 heteroatoms. The molecule has 0 bridgehead atoms. The van der Waals surface area contributed by atoms with Crippen molar-refractivity contribution in [3.63, 3.8) is 0 Å². The molecule has 0 radical (unpaired) electrons. The van der Waals surface area contributed by atoms with E-state index in [2.05, 4.69) is 16.0 Å². The quantitative estimate of drug-likeness (QED) is 0.540. The molecule has 0 aliphatic rings. The maximum absolute atomic E-state index is 12.0. The van der Waals surface area contributed by atoms with Gasteiger partial charge in [0.2, 0.25) is 11.8 Å². The zero-order valence-electron chi connectivity index (χ0n) is 15.4. The zero-order valence-corrected chi connectivity index (χ0v) is 16.9. The second kappa shape index (κ2) is 9.62. The lowest BCUT2D eigenvalue weighted by Crippen LogP contribution is -2.42. The number of hydrazine groups is 1. The van der Waals surface area contributed by atoms with Gasteiger partial charge in [-0.25, -0.2) is 0 Å². The highest BCUT2D eigenvalue weighted by molar-refractivity contribution is 6.35. The molecule has 2 aromatic rings. The van der Waals surface area contributed by atoms with E-state index in [1.54, 1.807) is 22.9 Å². The van der Waals surface area contributed by atoms with E-state index in [1.807, 2.05) is 20.9 Å². The summed E-state index contributed by atoms with van der Waals surface area (Å²) in [6, 6.07) is 4.94. The van der Waals surface area contributed by atoms with E-state index < -0.39 is 0 Å². The lowest BCUT2D eigenvalue weighted by molar-refractivity contribution is -0.128. The smallest absolute Gasteiger partial charge is 0.242 e. The van der Waals surface area contributed by atoms with E-state index in [1.165, 1.54) is 0 Å². The summed E-state index contributed by atoms with van der Waals surface area (Å²) in [5, 5.41) is 5.21. The Labute approximate surface area is 167 Å². The van der Waals surface area contributed by atoms with Crippen LogP contribution in [0.5, 0.6) is 5.75 Å². The van der Waals surface area contributed by atoms with Crippen LogP contribution in [0.15, 0.2) is 18.2 Å². The lowest BCUT2D eigenvalue weighted by atomic mass is 10.1. The molecule has 1 aromatic heterocycles. The SMILES string of the molecule is Cc1nn(C)c(C)c1CC(=O)NNC(=O)CCCOc1ccc(Cl)cc1Cl. The number of nitrogens with zero attached hydrogens (tertiary/aromatic N) is 2. The fraction of sp³-hybridized carbons (Fsp3) is 0.389. The Morgan fingerprint density at radius 3 is 2.52 bits per heavy atom. The van der Waals surface area contributed by atoms with Crippen molar-refractivity contribution in [2.75, 3.05) is 6.61 Å². The van der Waals surface area contributed by atoms with Crippen molar-refractivity contribution in [1.29, 1.82) is 0 Å². The van der Waals surface area contributed by atoms with Gasteiger partial charge < -0.3 is 4.74 Å². The van der Waals surface area contributed by atoms with Crippen LogP contribution in [-0.4, -0.2) is 28.2 Å². The molecule has 0 aliphatic carbocycles. The minimum Gasteiger partial charge on any atom is -0.492 e. The Balaban J connectivity index is 1.67. The van der Waals surface area contributed by atoms with E-state index in [0.717, 1.165) is 17.0 Å². The Kier molecular flexibility index (Phi) is 7.50. The molecular formula is C18H22Cl2N4O3. The van der Waals surface area contributed by atoms with Gasteiger partial charge in [-0.3, -0.25) is 25.1 Å². The normalized spacial score (nSPS) is 10.6. The van der Waals surface area contributed by atoms with E-state index in [0.29, 0.717) is 28.8 Å². The molecule has 2 N–H and O–H groups in total. The molecular weight excluding hydrogens is 391 g/mol. The maximum atomic E-state index is 12.0. The van der Waals surface area contributed by atoms with E-state index in [9.17, 15) is 9.59 Å². The Morgan fingerprint density at radius 1 is 1.19 bits per heavy atom. The number of aryl methyl sites for hydroxylation is 2. The molecule has 2 amide bonds. The van der Waals surface area contributed by atoms with Gasteiger partial charge in [0.1, 0.15) is 5.75 Å². The highest BCUT2D eigenvalue weighted by Gasteiger charge is 2.14. The van der Waals surface area contributed by atoms with E-state index in [4.69, 9.17) is 27.9 Å². The Hall–Kier alpha value is -2.25. The maximum Gasteiger partial charge on any atom is 0.242 e. The average Bonchev–Trinajstić information content (AvgIpc) is 2.84. The van der Waals surface area contributed by atoms with Crippen LogP contribution in [0.3, 0.4) is 0 Å². The van der Waals surface area contributed by atoms with Crippen molar-refractivity contribution in [3.8, 4) is 5.75 Å². The molecule has 7 nitrogen and oxygen atoms in total. The van der Waals surface area contributed by atoms with Crippen molar-refractivity contribution in [3.05, 3.63) is 45.2 Å². The van der Waals surface area contributed by atoms with Crippen LogP contribution >= 0.6 is 23.2 Å². The largest absolute Gasteiger partial charge is 0.492 e. The van der Waals surface area contributed by atoms with Crippen LogP contribution in [0.25, 0.3) is 0 Å². The van der Waals surface area contributed by atoms with Gasteiger partial charge in [-0.1, -0.05) is 23.2 Å². The van der Waals surface area contributed by atoms with Crippen molar-refractivity contribution in [2.45, 2.75) is 33.1 Å². The number of benzene rings is 1. The van der Waals surface area contributed by atoms with Gasteiger partial charge in [0.15, 0.2) is 0 Å². The van der Waals surface area contributed by atoms with Gasteiger partial charge >= 0.3 is 0 Å². The Bertz CT molecular complexity index is 836. The second-order valence-corrected chi connectivity index (χ2v) is 6.92. The van der Waals surface area contributed by atoms with Crippen LogP contribution in [0.2, 0.25) is 10.0 Å². The molecule has 0 spiro atoms. The molecule has 0 saturated carbocycles. The van der Waals surface area contributed by atoms with Crippen LogP contribution in [0.1, 0.15) is 29.8 Å². The van der Waals surface area contributed by atoms with Crippen LogP contribution in [-0.2, 0) is 23.1 Å². The summed E-state index contributed by atoms with van der Waals surface area (Å²) in [6.07, 6.45) is 0.835. The minimum absolute atomic E-state index is 0.157. The van der Waals surface area contributed by atoms with Crippen molar-refractivity contribution in [2.24, 2.45) is 7.05 Å². The Morgan fingerprint density at radius 2 is 1.89 bits per heavy atom. The number of nitrogens with one attached hydrogen (secondary N) is 2. The number of hydrogen-bond donors (Lipinski definition) is 2. The van der Waals surface area contributed by atoms with Gasteiger partial charge in [0.25, 0.3) is 0 Å². The summed E-state index contributed by atoms with van der Waals surface area (Å²) in [6.45, 7) is 4.06. The molecule has 0 fully saturated rings. The number of carbonyl (C=O) groups excluding carboxylic acids is 2. The van der Waals surface area contributed by atoms with Gasteiger partial charge in [-0.05, 0) is 38.5 Å². The number of amides is 2. The molecule has 27 heavy (non-hydrogen) atoms. The number of halogens is 2. The van der Waals surface area contributed by atoms with Crippen molar-refractivity contribution in [1.82, 2.24) is 20.6 Å². The summed E-state index contributed by atoms with van der Waals surface area (Å²) < 4.78 is 7.23. The third-order valence-electron chi connectivity index (χ3n) is 4.04. The fourth-order valence-electron chi connectivity index (χ4n) is 2.49. The highest BCUT2D eigenvalue weighted by Crippen LogP contribution is 2.27.